The molecule has 0 aromatic heterocycles. The van der Waals surface area contributed by atoms with E-state index in [0.29, 0.717) is 5.92 Å². The number of ketones is 1. The zero-order valence-corrected chi connectivity index (χ0v) is 6.50. The van der Waals surface area contributed by atoms with Crippen LogP contribution in [0.2, 0.25) is 0 Å². The maximum atomic E-state index is 11.0. The van der Waals surface area contributed by atoms with Gasteiger partial charge in [0, 0.05) is 26.2 Å². The van der Waals surface area contributed by atoms with Crippen molar-refractivity contribution in [1.29, 1.82) is 0 Å². The summed E-state index contributed by atoms with van der Waals surface area (Å²) in [4.78, 5) is 12.9. The van der Waals surface area contributed by atoms with Crippen molar-refractivity contribution in [2.24, 2.45) is 5.92 Å². The lowest BCUT2D eigenvalue weighted by Gasteiger charge is -2.01. The van der Waals surface area contributed by atoms with Gasteiger partial charge in [0.05, 0.1) is 0 Å². The highest BCUT2D eigenvalue weighted by molar-refractivity contribution is 5.93. The Kier molecular flexibility index (Phi) is 2.10. The molecule has 0 atom stereocenters. The Morgan fingerprint density at radius 2 is 2.10 bits per heavy atom. The lowest BCUT2D eigenvalue weighted by Crippen LogP contribution is -2.03. The predicted molar refractivity (Wildman–Crippen MR) is 40.6 cm³/mol. The van der Waals surface area contributed by atoms with E-state index in [9.17, 15) is 4.79 Å². The molecule has 1 aliphatic carbocycles. The van der Waals surface area contributed by atoms with Gasteiger partial charge in [0.1, 0.15) is 0 Å². The van der Waals surface area contributed by atoms with E-state index in [2.05, 4.69) is 0 Å². The molecular weight excluding hydrogens is 126 g/mol. The second-order valence-electron chi connectivity index (χ2n) is 2.96. The molecule has 0 heterocycles. The highest BCUT2D eigenvalue weighted by atomic mass is 16.1. The average molecular weight is 139 g/mol. The molecule has 56 valence electrons. The predicted octanol–water partition coefficient (Wildman–Crippen LogP) is 1.04. The third-order valence-electron chi connectivity index (χ3n) is 1.52. The van der Waals surface area contributed by atoms with Crippen LogP contribution in [0.5, 0.6) is 0 Å². The molecule has 10 heavy (non-hydrogen) atoms. The molecule has 1 saturated carbocycles. The SMILES string of the molecule is CN(C)/C=C\C(=O)C1CC1. The third kappa shape index (κ3) is 2.21. The second kappa shape index (κ2) is 2.86. The van der Waals surface area contributed by atoms with Crippen LogP contribution < -0.4 is 0 Å². The normalized spacial score (nSPS) is 17.8. The Morgan fingerprint density at radius 1 is 1.50 bits per heavy atom. The maximum absolute atomic E-state index is 11.0. The smallest absolute Gasteiger partial charge is 0.160 e. The van der Waals surface area contributed by atoms with Crippen molar-refractivity contribution in [3.05, 3.63) is 12.3 Å². The molecule has 2 nitrogen and oxygen atoms in total. The van der Waals surface area contributed by atoms with Gasteiger partial charge in [0.25, 0.3) is 0 Å². The van der Waals surface area contributed by atoms with Gasteiger partial charge in [-0.1, -0.05) is 0 Å². The molecule has 0 aromatic carbocycles. The van der Waals surface area contributed by atoms with Crippen molar-refractivity contribution < 1.29 is 4.79 Å². The van der Waals surface area contributed by atoms with Gasteiger partial charge in [-0.3, -0.25) is 4.79 Å². The molecule has 1 fully saturated rings. The van der Waals surface area contributed by atoms with Crippen LogP contribution in [-0.2, 0) is 4.79 Å². The van der Waals surface area contributed by atoms with E-state index in [0.717, 1.165) is 12.8 Å². The second-order valence-corrected chi connectivity index (χ2v) is 2.96. The van der Waals surface area contributed by atoms with Crippen molar-refractivity contribution >= 4 is 5.78 Å². The molecule has 0 amide bonds. The molecule has 0 aliphatic heterocycles. The number of allylic oxidation sites excluding steroid dienone is 1. The first kappa shape index (κ1) is 7.32. The van der Waals surface area contributed by atoms with Gasteiger partial charge in [-0.25, -0.2) is 0 Å². The molecule has 0 N–H and O–H groups in total. The third-order valence-corrected chi connectivity index (χ3v) is 1.52. The highest BCUT2D eigenvalue weighted by Gasteiger charge is 2.27. The van der Waals surface area contributed by atoms with Crippen LogP contribution in [0.3, 0.4) is 0 Å². The summed E-state index contributed by atoms with van der Waals surface area (Å²) in [6, 6.07) is 0. The van der Waals surface area contributed by atoms with E-state index in [1.807, 2.05) is 19.0 Å². The number of hydrogen-bond acceptors (Lipinski definition) is 2. The van der Waals surface area contributed by atoms with Crippen LogP contribution in [0, 0.1) is 5.92 Å². The van der Waals surface area contributed by atoms with Crippen LogP contribution in [0.15, 0.2) is 12.3 Å². The van der Waals surface area contributed by atoms with Crippen molar-refractivity contribution in [2.45, 2.75) is 12.8 Å². The Labute approximate surface area is 61.5 Å². The van der Waals surface area contributed by atoms with Crippen LogP contribution in [0.25, 0.3) is 0 Å². The van der Waals surface area contributed by atoms with Crippen LogP contribution in [0.1, 0.15) is 12.8 Å². The summed E-state index contributed by atoms with van der Waals surface area (Å²) < 4.78 is 0. The van der Waals surface area contributed by atoms with Crippen molar-refractivity contribution in [2.75, 3.05) is 14.1 Å². The number of carbonyl (C=O) groups excluding carboxylic acids is 1. The molecule has 0 radical (unpaired) electrons. The topological polar surface area (TPSA) is 20.3 Å². The molecule has 1 aliphatic rings. The van der Waals surface area contributed by atoms with Gasteiger partial charge < -0.3 is 4.90 Å². The molecule has 0 saturated heterocycles. The Balaban J connectivity index is 2.29. The first-order valence-corrected chi connectivity index (χ1v) is 3.58. The summed E-state index contributed by atoms with van der Waals surface area (Å²) in [6.07, 6.45) is 5.66. The minimum atomic E-state index is 0.286. The Hall–Kier alpha value is -0.790. The van der Waals surface area contributed by atoms with E-state index >= 15 is 0 Å². The minimum absolute atomic E-state index is 0.286. The summed E-state index contributed by atoms with van der Waals surface area (Å²) in [5.41, 5.74) is 0. The van der Waals surface area contributed by atoms with Gasteiger partial charge in [0.2, 0.25) is 0 Å². The van der Waals surface area contributed by atoms with E-state index < -0.39 is 0 Å². The number of rotatable bonds is 3. The molecular formula is C8H13NO. The fraction of sp³-hybridized carbons (Fsp3) is 0.625. The lowest BCUT2D eigenvalue weighted by molar-refractivity contribution is -0.115. The Morgan fingerprint density at radius 3 is 2.50 bits per heavy atom. The number of nitrogens with zero attached hydrogens (tertiary/aromatic N) is 1. The van der Waals surface area contributed by atoms with Gasteiger partial charge in [-0.15, -0.1) is 0 Å². The zero-order chi connectivity index (χ0) is 7.56. The molecule has 0 spiro atoms. The molecule has 1 rings (SSSR count). The van der Waals surface area contributed by atoms with E-state index in [4.69, 9.17) is 0 Å². The highest BCUT2D eigenvalue weighted by Crippen LogP contribution is 2.29. The first-order chi connectivity index (χ1) is 4.70. The molecule has 2 heteroatoms. The van der Waals surface area contributed by atoms with Gasteiger partial charge >= 0.3 is 0 Å². The first-order valence-electron chi connectivity index (χ1n) is 3.58. The lowest BCUT2D eigenvalue weighted by atomic mass is 10.2. The molecule has 0 unspecified atom stereocenters. The maximum Gasteiger partial charge on any atom is 0.160 e. The van der Waals surface area contributed by atoms with Crippen LogP contribution in [-0.4, -0.2) is 24.8 Å². The molecule has 0 aromatic rings. The van der Waals surface area contributed by atoms with Crippen LogP contribution >= 0.6 is 0 Å². The summed E-state index contributed by atoms with van der Waals surface area (Å²) in [6.45, 7) is 0. The van der Waals surface area contributed by atoms with E-state index in [1.54, 1.807) is 12.3 Å². The van der Waals surface area contributed by atoms with Crippen molar-refractivity contribution in [3.63, 3.8) is 0 Å². The zero-order valence-electron chi connectivity index (χ0n) is 6.50. The van der Waals surface area contributed by atoms with E-state index in [-0.39, 0.29) is 5.78 Å². The Bertz CT molecular complexity index is 157. The summed E-state index contributed by atoms with van der Waals surface area (Å²) >= 11 is 0. The standard InChI is InChI=1S/C8H13NO/c1-9(2)6-5-8(10)7-3-4-7/h5-7H,3-4H2,1-2H3/b6-5-. The van der Waals surface area contributed by atoms with Crippen LogP contribution in [0.4, 0.5) is 0 Å². The minimum Gasteiger partial charge on any atom is -0.383 e. The largest absolute Gasteiger partial charge is 0.383 e. The van der Waals surface area contributed by atoms with Gasteiger partial charge in [0.15, 0.2) is 5.78 Å². The summed E-state index contributed by atoms with van der Waals surface area (Å²) in [7, 11) is 3.83. The van der Waals surface area contributed by atoms with Crippen molar-refractivity contribution in [1.82, 2.24) is 4.90 Å². The molecule has 0 bridgehead atoms. The fourth-order valence-electron chi connectivity index (χ4n) is 0.726. The average Bonchev–Trinajstić information content (AvgIpc) is 2.63. The monoisotopic (exact) mass is 139 g/mol. The quantitative estimate of drug-likeness (QED) is 0.544. The van der Waals surface area contributed by atoms with Gasteiger partial charge in [-0.05, 0) is 18.9 Å². The summed E-state index contributed by atoms with van der Waals surface area (Å²) in [5.74, 6) is 0.643. The number of carbonyl (C=O) groups is 1. The van der Waals surface area contributed by atoms with Gasteiger partial charge in [-0.2, -0.15) is 0 Å². The fourth-order valence-corrected chi connectivity index (χ4v) is 0.726. The number of hydrogen-bond donors (Lipinski definition) is 0. The van der Waals surface area contributed by atoms with E-state index in [1.165, 1.54) is 0 Å². The van der Waals surface area contributed by atoms with Crippen molar-refractivity contribution in [3.8, 4) is 0 Å². The summed E-state index contributed by atoms with van der Waals surface area (Å²) in [5, 5.41) is 0.